The first-order valence-corrected chi connectivity index (χ1v) is 7.25. The highest BCUT2D eigenvalue weighted by atomic mass is 35.5. The molecule has 96 valence electrons. The van der Waals surface area contributed by atoms with E-state index in [0.717, 1.165) is 6.42 Å². The number of ether oxygens (including phenoxy) is 1. The summed E-state index contributed by atoms with van der Waals surface area (Å²) < 4.78 is 32.1. The van der Waals surface area contributed by atoms with Crippen molar-refractivity contribution in [3.05, 3.63) is 0 Å². The van der Waals surface area contributed by atoms with Crippen LogP contribution in [-0.4, -0.2) is 62.8 Å². The van der Waals surface area contributed by atoms with Gasteiger partial charge in [0.1, 0.15) is 0 Å². The second-order valence-corrected chi connectivity index (χ2v) is 6.29. The van der Waals surface area contributed by atoms with Crippen molar-refractivity contribution in [2.24, 2.45) is 0 Å². The molecule has 5 nitrogen and oxygen atoms in total. The van der Waals surface area contributed by atoms with Gasteiger partial charge < -0.3 is 4.74 Å². The van der Waals surface area contributed by atoms with Crippen LogP contribution in [0, 0.1) is 0 Å². The van der Waals surface area contributed by atoms with E-state index in [4.69, 9.17) is 16.3 Å². The highest BCUT2D eigenvalue weighted by molar-refractivity contribution is 7.86. The van der Waals surface area contributed by atoms with Crippen LogP contribution in [0.15, 0.2) is 0 Å². The third-order valence-corrected chi connectivity index (χ3v) is 4.99. The van der Waals surface area contributed by atoms with Crippen LogP contribution in [0.25, 0.3) is 0 Å². The molecule has 7 heteroatoms. The van der Waals surface area contributed by atoms with E-state index in [9.17, 15) is 8.42 Å². The molecule has 1 fully saturated rings. The lowest BCUT2D eigenvalue weighted by Gasteiger charge is -2.23. The summed E-state index contributed by atoms with van der Waals surface area (Å²) in [5, 5.41) is 0. The number of halogens is 1. The van der Waals surface area contributed by atoms with Gasteiger partial charge in [0.15, 0.2) is 0 Å². The number of methoxy groups -OCH3 is 1. The molecule has 1 heterocycles. The van der Waals surface area contributed by atoms with Crippen molar-refractivity contribution < 1.29 is 13.2 Å². The second-order valence-electron chi connectivity index (χ2n) is 3.88. The normalized spacial score (nSPS) is 23.1. The van der Waals surface area contributed by atoms with Crippen LogP contribution >= 0.6 is 11.6 Å². The number of hydrogen-bond donors (Lipinski definition) is 0. The average Bonchev–Trinajstić information content (AvgIpc) is 2.74. The topological polar surface area (TPSA) is 49.9 Å². The van der Waals surface area contributed by atoms with Gasteiger partial charge in [0.25, 0.3) is 10.2 Å². The van der Waals surface area contributed by atoms with E-state index >= 15 is 0 Å². The largest absolute Gasteiger partial charge is 0.380 e. The minimum atomic E-state index is -3.33. The SMILES string of the molecule is COC1CCN(S(=O)(=O)N(C)CCCCl)C1. The van der Waals surface area contributed by atoms with E-state index in [2.05, 4.69) is 0 Å². The summed E-state index contributed by atoms with van der Waals surface area (Å²) in [5.74, 6) is 0.473. The second kappa shape index (κ2) is 6.16. The van der Waals surface area contributed by atoms with Gasteiger partial charge >= 0.3 is 0 Å². The van der Waals surface area contributed by atoms with Crippen molar-refractivity contribution in [2.75, 3.05) is 39.7 Å². The summed E-state index contributed by atoms with van der Waals surface area (Å²) >= 11 is 5.55. The van der Waals surface area contributed by atoms with Crippen LogP contribution in [0.3, 0.4) is 0 Å². The Morgan fingerprint density at radius 3 is 2.75 bits per heavy atom. The van der Waals surface area contributed by atoms with Gasteiger partial charge in [0, 0.05) is 39.7 Å². The predicted octanol–water partition coefficient (Wildman–Crippen LogP) is 0.513. The fourth-order valence-electron chi connectivity index (χ4n) is 1.69. The van der Waals surface area contributed by atoms with Crippen molar-refractivity contribution >= 4 is 21.8 Å². The summed E-state index contributed by atoms with van der Waals surface area (Å²) in [7, 11) is -0.131. The molecule has 0 radical (unpaired) electrons. The van der Waals surface area contributed by atoms with Gasteiger partial charge in [0.05, 0.1) is 6.10 Å². The molecule has 0 aromatic heterocycles. The van der Waals surface area contributed by atoms with Crippen LogP contribution < -0.4 is 0 Å². The molecule has 1 rings (SSSR count). The maximum absolute atomic E-state index is 12.1. The van der Waals surface area contributed by atoms with Crippen LogP contribution in [0.2, 0.25) is 0 Å². The van der Waals surface area contributed by atoms with Gasteiger partial charge in [-0.2, -0.15) is 17.0 Å². The Balaban J connectivity index is 2.57. The average molecular weight is 271 g/mol. The first-order valence-electron chi connectivity index (χ1n) is 5.32. The Labute approximate surface area is 102 Å². The molecular formula is C9H19ClN2O3S. The van der Waals surface area contributed by atoms with Gasteiger partial charge in [-0.25, -0.2) is 0 Å². The van der Waals surface area contributed by atoms with E-state index in [0.29, 0.717) is 31.9 Å². The van der Waals surface area contributed by atoms with Gasteiger partial charge in [-0.05, 0) is 12.8 Å². The molecule has 0 aromatic carbocycles. The first kappa shape index (κ1) is 14.2. The molecular weight excluding hydrogens is 252 g/mol. The lowest BCUT2D eigenvalue weighted by molar-refractivity contribution is 0.114. The molecule has 0 aromatic rings. The highest BCUT2D eigenvalue weighted by Crippen LogP contribution is 2.17. The molecule has 1 atom stereocenters. The van der Waals surface area contributed by atoms with E-state index in [1.807, 2.05) is 0 Å². The maximum atomic E-state index is 12.1. The molecule has 0 aliphatic carbocycles. The maximum Gasteiger partial charge on any atom is 0.281 e. The van der Waals surface area contributed by atoms with Crippen molar-refractivity contribution in [3.63, 3.8) is 0 Å². The lowest BCUT2D eigenvalue weighted by Crippen LogP contribution is -2.41. The summed E-state index contributed by atoms with van der Waals surface area (Å²) in [6.45, 7) is 1.44. The van der Waals surface area contributed by atoms with Crippen LogP contribution in [0.5, 0.6) is 0 Å². The molecule has 0 spiro atoms. The van der Waals surface area contributed by atoms with Crippen molar-refractivity contribution in [3.8, 4) is 0 Å². The molecule has 1 unspecified atom stereocenters. The van der Waals surface area contributed by atoms with Crippen LogP contribution in [-0.2, 0) is 14.9 Å². The Kier molecular flexibility index (Phi) is 5.46. The van der Waals surface area contributed by atoms with Crippen molar-refractivity contribution in [1.29, 1.82) is 0 Å². The van der Waals surface area contributed by atoms with E-state index in [1.165, 1.54) is 8.61 Å². The molecule has 0 bridgehead atoms. The summed E-state index contributed by atoms with van der Waals surface area (Å²) in [6.07, 6.45) is 1.45. The Morgan fingerprint density at radius 2 is 2.25 bits per heavy atom. The zero-order chi connectivity index (χ0) is 12.2. The molecule has 0 N–H and O–H groups in total. The first-order chi connectivity index (χ1) is 7.52. The zero-order valence-corrected chi connectivity index (χ0v) is 11.3. The zero-order valence-electron chi connectivity index (χ0n) is 9.73. The lowest BCUT2D eigenvalue weighted by atomic mass is 10.3. The highest BCUT2D eigenvalue weighted by Gasteiger charge is 2.33. The minimum absolute atomic E-state index is 0.0243. The van der Waals surface area contributed by atoms with E-state index < -0.39 is 10.2 Å². The van der Waals surface area contributed by atoms with Crippen LogP contribution in [0.1, 0.15) is 12.8 Å². The van der Waals surface area contributed by atoms with E-state index in [1.54, 1.807) is 14.2 Å². The molecule has 0 amide bonds. The summed E-state index contributed by atoms with van der Waals surface area (Å²) in [6, 6.07) is 0. The Morgan fingerprint density at radius 1 is 1.56 bits per heavy atom. The minimum Gasteiger partial charge on any atom is -0.380 e. The summed E-state index contributed by atoms with van der Waals surface area (Å²) in [5.41, 5.74) is 0. The number of rotatable bonds is 6. The van der Waals surface area contributed by atoms with Crippen molar-refractivity contribution in [2.45, 2.75) is 18.9 Å². The number of alkyl halides is 1. The van der Waals surface area contributed by atoms with Gasteiger partial charge in [-0.15, -0.1) is 11.6 Å². The summed E-state index contributed by atoms with van der Waals surface area (Å²) in [4.78, 5) is 0. The van der Waals surface area contributed by atoms with Crippen LogP contribution in [0.4, 0.5) is 0 Å². The number of hydrogen-bond acceptors (Lipinski definition) is 3. The molecule has 1 aliphatic heterocycles. The molecule has 1 saturated heterocycles. The Bertz CT molecular complexity index is 310. The molecule has 0 saturated carbocycles. The fraction of sp³-hybridized carbons (Fsp3) is 1.00. The Hall–Kier alpha value is 0.120. The fourth-order valence-corrected chi connectivity index (χ4v) is 3.26. The van der Waals surface area contributed by atoms with Gasteiger partial charge in [0.2, 0.25) is 0 Å². The monoisotopic (exact) mass is 270 g/mol. The third-order valence-electron chi connectivity index (χ3n) is 2.77. The van der Waals surface area contributed by atoms with Gasteiger partial charge in [-0.3, -0.25) is 0 Å². The van der Waals surface area contributed by atoms with Crippen molar-refractivity contribution in [1.82, 2.24) is 8.61 Å². The van der Waals surface area contributed by atoms with E-state index in [-0.39, 0.29) is 6.10 Å². The third kappa shape index (κ3) is 3.30. The van der Waals surface area contributed by atoms with Gasteiger partial charge in [-0.1, -0.05) is 0 Å². The quantitative estimate of drug-likeness (QED) is 0.661. The molecule has 1 aliphatic rings. The smallest absolute Gasteiger partial charge is 0.281 e. The standard InChI is InChI=1S/C9H19ClN2O3S/c1-11(6-3-5-10)16(13,14)12-7-4-9(8-12)15-2/h9H,3-8H2,1-2H3. The predicted molar refractivity (Wildman–Crippen MR) is 63.9 cm³/mol. The number of nitrogens with zero attached hydrogens (tertiary/aromatic N) is 2. The molecule has 16 heavy (non-hydrogen) atoms.